The lowest BCUT2D eigenvalue weighted by atomic mass is 10.1. The Morgan fingerprint density at radius 2 is 1.66 bits per heavy atom. The van der Waals surface area contributed by atoms with Crippen LogP contribution in [-0.2, 0) is 0 Å². The molecule has 5 heteroatoms. The van der Waals surface area contributed by atoms with Gasteiger partial charge in [0, 0.05) is 18.1 Å². The number of nitrogens with one attached hydrogen (secondary N) is 1. The fraction of sp³-hybridized carbons (Fsp3) is 0.167. The average Bonchev–Trinajstić information content (AvgIpc) is 3.33. The minimum absolute atomic E-state index is 0.168. The maximum Gasteiger partial charge on any atom is 0.261 e. The van der Waals surface area contributed by atoms with Gasteiger partial charge in [0.05, 0.1) is 11.4 Å². The molecule has 4 rings (SSSR count). The van der Waals surface area contributed by atoms with E-state index in [9.17, 15) is 4.79 Å². The monoisotopic (exact) mass is 384 g/mol. The van der Waals surface area contributed by atoms with Crippen LogP contribution < -0.4 is 5.32 Å². The first-order chi connectivity index (χ1) is 14.0. The summed E-state index contributed by atoms with van der Waals surface area (Å²) in [7, 11) is 0. The molecule has 146 valence electrons. The average molecular weight is 384 g/mol. The highest BCUT2D eigenvalue weighted by atomic mass is 16.1. The van der Waals surface area contributed by atoms with Crippen LogP contribution in [0.2, 0.25) is 0 Å². The topological polar surface area (TPSA) is 51.9 Å². The lowest BCUT2D eigenvalue weighted by Gasteiger charge is -2.13. The first-order valence-electron chi connectivity index (χ1n) is 9.63. The molecule has 0 aliphatic rings. The molecule has 2 aromatic heterocycles. The van der Waals surface area contributed by atoms with E-state index in [1.54, 1.807) is 0 Å². The van der Waals surface area contributed by atoms with Crippen LogP contribution >= 0.6 is 0 Å². The molecule has 2 aromatic carbocycles. The molecule has 0 aliphatic carbocycles. The number of amides is 1. The number of nitrogens with zero attached hydrogens (tertiary/aromatic N) is 3. The quantitative estimate of drug-likeness (QED) is 0.529. The third-order valence-electron chi connectivity index (χ3n) is 5.21. The second-order valence-electron chi connectivity index (χ2n) is 7.33. The fourth-order valence-corrected chi connectivity index (χ4v) is 3.51. The van der Waals surface area contributed by atoms with E-state index >= 15 is 0 Å². The molecule has 1 N–H and O–H groups in total. The molecule has 0 saturated heterocycles. The molecule has 0 saturated carbocycles. The molecule has 29 heavy (non-hydrogen) atoms. The minimum atomic E-state index is -0.168. The summed E-state index contributed by atoms with van der Waals surface area (Å²) in [6.45, 7) is 7.97. The predicted octanol–water partition coefficient (Wildman–Crippen LogP) is 5.15. The number of benzene rings is 2. The van der Waals surface area contributed by atoms with Crippen LogP contribution in [0, 0.1) is 27.7 Å². The second kappa shape index (κ2) is 7.43. The van der Waals surface area contributed by atoms with E-state index < -0.39 is 0 Å². The van der Waals surface area contributed by atoms with Crippen molar-refractivity contribution in [3.63, 3.8) is 0 Å². The van der Waals surface area contributed by atoms with Gasteiger partial charge in [-0.1, -0.05) is 24.3 Å². The Hall–Kier alpha value is -3.60. The SMILES string of the molecule is Cc1cccc(-n2nc(C)c(C(=O)Nc3cccc(C)c3C)c2-n2cccc2)c1. The standard InChI is InChI=1S/C24H24N4O/c1-16-9-7-11-20(15-16)28-24(27-13-5-6-14-27)22(19(4)26-28)23(29)25-21-12-8-10-17(2)18(21)3/h5-15H,1-4H3,(H,25,29). The van der Waals surface area contributed by atoms with Crippen LogP contribution in [0.25, 0.3) is 11.5 Å². The summed E-state index contributed by atoms with van der Waals surface area (Å²) in [4.78, 5) is 13.3. The first-order valence-corrected chi connectivity index (χ1v) is 9.63. The number of aryl methyl sites for hydroxylation is 3. The molecule has 4 aromatic rings. The zero-order valence-electron chi connectivity index (χ0n) is 17.1. The van der Waals surface area contributed by atoms with E-state index in [1.807, 2.05) is 97.9 Å². The zero-order chi connectivity index (χ0) is 20.5. The molecule has 0 fully saturated rings. The summed E-state index contributed by atoms with van der Waals surface area (Å²) >= 11 is 0. The van der Waals surface area contributed by atoms with Crippen molar-refractivity contribution in [2.45, 2.75) is 27.7 Å². The molecular weight excluding hydrogens is 360 g/mol. The maximum atomic E-state index is 13.3. The molecule has 1 amide bonds. The number of aromatic nitrogens is 3. The summed E-state index contributed by atoms with van der Waals surface area (Å²) in [6.07, 6.45) is 3.86. The summed E-state index contributed by atoms with van der Waals surface area (Å²) in [5.74, 6) is 0.555. The number of anilines is 1. The second-order valence-corrected chi connectivity index (χ2v) is 7.33. The molecule has 0 spiro atoms. The van der Waals surface area contributed by atoms with Gasteiger partial charge in [0.1, 0.15) is 5.56 Å². The van der Waals surface area contributed by atoms with Gasteiger partial charge in [-0.15, -0.1) is 0 Å². The van der Waals surface area contributed by atoms with Crippen molar-refractivity contribution < 1.29 is 4.79 Å². The van der Waals surface area contributed by atoms with Gasteiger partial charge in [0.15, 0.2) is 5.82 Å². The molecular formula is C24H24N4O. The van der Waals surface area contributed by atoms with Gasteiger partial charge in [0.25, 0.3) is 5.91 Å². The van der Waals surface area contributed by atoms with Crippen LogP contribution in [0.5, 0.6) is 0 Å². The van der Waals surface area contributed by atoms with Crippen molar-refractivity contribution in [3.05, 3.63) is 94.9 Å². The first kappa shape index (κ1) is 18.7. The molecule has 5 nitrogen and oxygen atoms in total. The van der Waals surface area contributed by atoms with Crippen molar-refractivity contribution in [1.82, 2.24) is 14.3 Å². The lowest BCUT2D eigenvalue weighted by Crippen LogP contribution is -2.17. The molecule has 0 radical (unpaired) electrons. The zero-order valence-corrected chi connectivity index (χ0v) is 17.1. The lowest BCUT2D eigenvalue weighted by molar-refractivity contribution is 0.102. The largest absolute Gasteiger partial charge is 0.322 e. The molecule has 2 heterocycles. The van der Waals surface area contributed by atoms with Gasteiger partial charge < -0.3 is 9.88 Å². The van der Waals surface area contributed by atoms with Gasteiger partial charge in [0.2, 0.25) is 0 Å². The van der Waals surface area contributed by atoms with Crippen LogP contribution in [0.1, 0.15) is 32.7 Å². The van der Waals surface area contributed by atoms with E-state index in [2.05, 4.69) is 11.4 Å². The molecule has 0 unspecified atom stereocenters. The number of hydrogen-bond acceptors (Lipinski definition) is 2. The van der Waals surface area contributed by atoms with E-state index in [0.29, 0.717) is 11.3 Å². The Morgan fingerprint density at radius 1 is 0.931 bits per heavy atom. The minimum Gasteiger partial charge on any atom is -0.322 e. The van der Waals surface area contributed by atoms with Crippen molar-refractivity contribution in [3.8, 4) is 11.5 Å². The van der Waals surface area contributed by atoms with Gasteiger partial charge in [-0.3, -0.25) is 4.79 Å². The van der Waals surface area contributed by atoms with Crippen molar-refractivity contribution in [2.24, 2.45) is 0 Å². The van der Waals surface area contributed by atoms with E-state index in [1.165, 1.54) is 0 Å². The summed E-state index contributed by atoms with van der Waals surface area (Å²) in [6, 6.07) is 17.9. The predicted molar refractivity (Wildman–Crippen MR) is 116 cm³/mol. The van der Waals surface area contributed by atoms with Gasteiger partial charge in [-0.2, -0.15) is 5.10 Å². The van der Waals surface area contributed by atoms with Crippen molar-refractivity contribution >= 4 is 11.6 Å². The molecule has 0 bridgehead atoms. The summed E-state index contributed by atoms with van der Waals surface area (Å²) in [5, 5.41) is 7.80. The van der Waals surface area contributed by atoms with E-state index in [0.717, 1.165) is 33.9 Å². The van der Waals surface area contributed by atoms with Gasteiger partial charge in [-0.25, -0.2) is 4.68 Å². The molecule has 0 aliphatic heterocycles. The highest BCUT2D eigenvalue weighted by molar-refractivity contribution is 6.07. The summed E-state index contributed by atoms with van der Waals surface area (Å²) < 4.78 is 3.76. The number of rotatable bonds is 4. The van der Waals surface area contributed by atoms with E-state index in [4.69, 9.17) is 5.10 Å². The normalized spacial score (nSPS) is 10.9. The number of carbonyl (C=O) groups is 1. The highest BCUT2D eigenvalue weighted by Crippen LogP contribution is 2.26. The Kier molecular flexibility index (Phi) is 4.80. The Labute approximate surface area is 170 Å². The van der Waals surface area contributed by atoms with Gasteiger partial charge >= 0.3 is 0 Å². The summed E-state index contributed by atoms with van der Waals surface area (Å²) in [5.41, 5.74) is 6.31. The Balaban J connectivity index is 1.85. The number of carbonyl (C=O) groups excluding carboxylic acids is 1. The van der Waals surface area contributed by atoms with Crippen LogP contribution in [0.15, 0.2) is 67.0 Å². The maximum absolute atomic E-state index is 13.3. The van der Waals surface area contributed by atoms with Crippen molar-refractivity contribution in [1.29, 1.82) is 0 Å². The third-order valence-corrected chi connectivity index (χ3v) is 5.21. The highest BCUT2D eigenvalue weighted by Gasteiger charge is 2.24. The van der Waals surface area contributed by atoms with Crippen LogP contribution in [0.4, 0.5) is 5.69 Å². The Bertz CT molecular complexity index is 1190. The van der Waals surface area contributed by atoms with Gasteiger partial charge in [-0.05, 0) is 74.7 Å². The van der Waals surface area contributed by atoms with Crippen LogP contribution in [0.3, 0.4) is 0 Å². The fourth-order valence-electron chi connectivity index (χ4n) is 3.51. The molecule has 0 atom stereocenters. The Morgan fingerprint density at radius 3 is 2.38 bits per heavy atom. The smallest absolute Gasteiger partial charge is 0.261 e. The third kappa shape index (κ3) is 3.47. The number of hydrogen-bond donors (Lipinski definition) is 1. The van der Waals surface area contributed by atoms with E-state index in [-0.39, 0.29) is 5.91 Å². The van der Waals surface area contributed by atoms with Crippen LogP contribution in [-0.4, -0.2) is 20.3 Å². The van der Waals surface area contributed by atoms with Crippen molar-refractivity contribution in [2.75, 3.05) is 5.32 Å².